The van der Waals surface area contributed by atoms with Gasteiger partial charge in [0, 0.05) is 12.1 Å². The summed E-state index contributed by atoms with van der Waals surface area (Å²) in [7, 11) is 1.57. The zero-order valence-corrected chi connectivity index (χ0v) is 15.3. The van der Waals surface area contributed by atoms with Crippen LogP contribution < -0.4 is 20.1 Å². The van der Waals surface area contributed by atoms with Crippen LogP contribution in [0.2, 0.25) is 0 Å². The van der Waals surface area contributed by atoms with E-state index in [9.17, 15) is 14.4 Å². The molecule has 0 bridgehead atoms. The fourth-order valence-electron chi connectivity index (χ4n) is 2.28. The van der Waals surface area contributed by atoms with Gasteiger partial charge in [0.25, 0.3) is 6.47 Å². The number of aromatic nitrogens is 1. The Kier molecular flexibility index (Phi) is 7.48. The Balaban J connectivity index is 0.000000941. The van der Waals surface area contributed by atoms with Crippen LogP contribution in [0.4, 0.5) is 10.5 Å². The van der Waals surface area contributed by atoms with Gasteiger partial charge >= 0.3 is 6.03 Å². The van der Waals surface area contributed by atoms with Gasteiger partial charge in [0.05, 0.1) is 19.0 Å². The van der Waals surface area contributed by atoms with Gasteiger partial charge in [-0.25, -0.2) is 9.78 Å². The van der Waals surface area contributed by atoms with E-state index in [2.05, 4.69) is 15.6 Å². The highest BCUT2D eigenvalue weighted by Crippen LogP contribution is 2.24. The number of nitrogens with zero attached hydrogens (tertiary/aromatic N) is 2. The lowest BCUT2D eigenvalue weighted by molar-refractivity contribution is -0.123. The number of carbonyl (C=O) groups excluding carboxylic acids is 3. The SMILES string of the molecule is COc1cccc(Oc2ccc(NC(=O)CN3CC(=O)NC3=O)cn2)c1.O=CO. The number of carbonyl (C=O) groups is 4. The molecule has 0 radical (unpaired) electrons. The third kappa shape index (κ3) is 6.50. The van der Waals surface area contributed by atoms with Crippen molar-refractivity contribution >= 4 is 30.0 Å². The molecule has 0 aliphatic carbocycles. The second-order valence-corrected chi connectivity index (χ2v) is 5.53. The number of nitrogens with one attached hydrogen (secondary N) is 2. The lowest BCUT2D eigenvalue weighted by Gasteiger charge is -2.13. The first-order valence-corrected chi connectivity index (χ1v) is 8.19. The summed E-state index contributed by atoms with van der Waals surface area (Å²) in [6.07, 6.45) is 1.43. The van der Waals surface area contributed by atoms with Crippen molar-refractivity contribution in [1.29, 1.82) is 0 Å². The normalized spacial score (nSPS) is 12.4. The fraction of sp³-hybridized carbons (Fsp3) is 0.167. The van der Waals surface area contributed by atoms with Gasteiger partial charge in [0.1, 0.15) is 24.6 Å². The van der Waals surface area contributed by atoms with Crippen LogP contribution >= 0.6 is 0 Å². The second-order valence-electron chi connectivity index (χ2n) is 5.53. The Bertz CT molecular complexity index is 886. The minimum atomic E-state index is -0.578. The molecule has 3 N–H and O–H groups in total. The molecule has 1 aromatic heterocycles. The van der Waals surface area contributed by atoms with Crippen molar-refractivity contribution in [2.75, 3.05) is 25.5 Å². The maximum Gasteiger partial charge on any atom is 0.325 e. The van der Waals surface area contributed by atoms with Gasteiger partial charge in [-0.05, 0) is 18.2 Å². The molecule has 1 aromatic carbocycles. The predicted octanol–water partition coefficient (Wildman–Crippen LogP) is 1.07. The minimum Gasteiger partial charge on any atom is -0.497 e. The van der Waals surface area contributed by atoms with Crippen molar-refractivity contribution < 1.29 is 33.8 Å². The number of imide groups is 1. The van der Waals surface area contributed by atoms with Gasteiger partial charge in [-0.2, -0.15) is 0 Å². The van der Waals surface area contributed by atoms with E-state index in [-0.39, 0.29) is 19.6 Å². The zero-order valence-electron chi connectivity index (χ0n) is 15.3. The van der Waals surface area contributed by atoms with Crippen LogP contribution in [-0.4, -0.2) is 59.5 Å². The molecule has 2 aromatic rings. The van der Waals surface area contributed by atoms with Crippen LogP contribution in [0.15, 0.2) is 42.6 Å². The Hall–Kier alpha value is -4.15. The Morgan fingerprint density at radius 2 is 2.03 bits per heavy atom. The average Bonchev–Trinajstić information content (AvgIpc) is 3.01. The number of benzene rings is 1. The molecule has 1 aliphatic heterocycles. The number of carboxylic acid groups (broad SMARTS) is 1. The summed E-state index contributed by atoms with van der Waals surface area (Å²) in [5.74, 6) is 0.719. The third-order valence-electron chi connectivity index (χ3n) is 3.49. The molecule has 152 valence electrons. The molecule has 0 unspecified atom stereocenters. The number of anilines is 1. The van der Waals surface area contributed by atoms with Crippen LogP contribution in [0.1, 0.15) is 0 Å². The Morgan fingerprint density at radius 1 is 1.31 bits per heavy atom. The molecule has 3 rings (SSSR count). The molecule has 1 aliphatic rings. The highest BCUT2D eigenvalue weighted by Gasteiger charge is 2.28. The minimum absolute atomic E-state index is 0.127. The molecular weight excluding hydrogens is 384 g/mol. The van der Waals surface area contributed by atoms with Crippen molar-refractivity contribution in [2.45, 2.75) is 0 Å². The van der Waals surface area contributed by atoms with Gasteiger partial charge in [-0.15, -0.1) is 0 Å². The van der Waals surface area contributed by atoms with Gasteiger partial charge in [-0.3, -0.25) is 19.7 Å². The van der Waals surface area contributed by atoms with Crippen LogP contribution in [0.5, 0.6) is 17.4 Å². The van der Waals surface area contributed by atoms with Crippen LogP contribution in [-0.2, 0) is 14.4 Å². The Morgan fingerprint density at radius 3 is 2.62 bits per heavy atom. The summed E-state index contributed by atoms with van der Waals surface area (Å²) < 4.78 is 10.7. The molecule has 0 spiro atoms. The largest absolute Gasteiger partial charge is 0.497 e. The van der Waals surface area contributed by atoms with Crippen LogP contribution in [0, 0.1) is 0 Å². The van der Waals surface area contributed by atoms with E-state index < -0.39 is 17.8 Å². The highest BCUT2D eigenvalue weighted by atomic mass is 16.5. The standard InChI is InChI=1S/C17H16N4O5.CH2O2/c1-25-12-3-2-4-13(7-12)26-16-6-5-11(8-18-16)19-14(22)9-21-10-15(23)20-17(21)24;2-1-3/h2-8H,9-10H2,1H3,(H,19,22)(H,20,23,24);1H,(H,2,3). The molecule has 1 saturated heterocycles. The maximum absolute atomic E-state index is 12.0. The summed E-state index contributed by atoms with van der Waals surface area (Å²) in [5.41, 5.74) is 0.443. The van der Waals surface area contributed by atoms with Crippen molar-refractivity contribution in [2.24, 2.45) is 0 Å². The zero-order chi connectivity index (χ0) is 21.2. The van der Waals surface area contributed by atoms with Gasteiger partial charge < -0.3 is 24.8 Å². The number of methoxy groups -OCH3 is 1. The molecule has 4 amide bonds. The van der Waals surface area contributed by atoms with E-state index in [1.807, 2.05) is 0 Å². The molecule has 29 heavy (non-hydrogen) atoms. The van der Waals surface area contributed by atoms with Crippen LogP contribution in [0.25, 0.3) is 0 Å². The maximum atomic E-state index is 12.0. The van der Waals surface area contributed by atoms with Gasteiger partial charge in [-0.1, -0.05) is 6.07 Å². The number of hydrogen-bond donors (Lipinski definition) is 3. The van der Waals surface area contributed by atoms with Crippen LogP contribution in [0.3, 0.4) is 0 Å². The second kappa shape index (κ2) is 10.3. The molecule has 0 saturated carbocycles. The van der Waals surface area contributed by atoms with E-state index in [0.717, 1.165) is 4.90 Å². The first kappa shape index (κ1) is 21.2. The number of urea groups is 1. The van der Waals surface area contributed by atoms with Gasteiger partial charge in [0.15, 0.2) is 0 Å². The topological polar surface area (TPSA) is 147 Å². The predicted molar refractivity (Wildman–Crippen MR) is 99.7 cm³/mol. The molecule has 1 fully saturated rings. The molecule has 0 atom stereocenters. The number of pyridine rings is 1. The number of amides is 4. The lowest BCUT2D eigenvalue weighted by Crippen LogP contribution is -2.35. The monoisotopic (exact) mass is 402 g/mol. The van der Waals surface area contributed by atoms with E-state index in [0.29, 0.717) is 23.1 Å². The quantitative estimate of drug-likeness (QED) is 0.480. The molecule has 11 nitrogen and oxygen atoms in total. The highest BCUT2D eigenvalue weighted by molar-refractivity contribution is 6.04. The van der Waals surface area contributed by atoms with Crippen molar-refractivity contribution in [3.63, 3.8) is 0 Å². The van der Waals surface area contributed by atoms with E-state index in [1.165, 1.54) is 6.20 Å². The number of hydrogen-bond acceptors (Lipinski definition) is 7. The van der Waals surface area contributed by atoms with Gasteiger partial charge in [0.2, 0.25) is 17.7 Å². The first-order chi connectivity index (χ1) is 13.9. The third-order valence-corrected chi connectivity index (χ3v) is 3.49. The summed E-state index contributed by atoms with van der Waals surface area (Å²) in [6, 6.07) is 9.72. The number of rotatable bonds is 6. The summed E-state index contributed by atoms with van der Waals surface area (Å²) >= 11 is 0. The molecule has 11 heteroatoms. The van der Waals surface area contributed by atoms with E-state index in [1.54, 1.807) is 43.5 Å². The van der Waals surface area contributed by atoms with Crippen molar-refractivity contribution in [3.8, 4) is 17.4 Å². The number of ether oxygens (including phenoxy) is 2. The fourth-order valence-corrected chi connectivity index (χ4v) is 2.28. The average molecular weight is 402 g/mol. The summed E-state index contributed by atoms with van der Waals surface area (Å²) in [6.45, 7) is -0.600. The smallest absolute Gasteiger partial charge is 0.325 e. The first-order valence-electron chi connectivity index (χ1n) is 8.19. The van der Waals surface area contributed by atoms with Crippen molar-refractivity contribution in [1.82, 2.24) is 15.2 Å². The molecular formula is C18H18N4O7. The van der Waals surface area contributed by atoms with E-state index in [4.69, 9.17) is 19.4 Å². The molecule has 2 heterocycles. The Labute approximate surface area is 165 Å². The summed E-state index contributed by atoms with van der Waals surface area (Å²) in [4.78, 5) is 48.1. The van der Waals surface area contributed by atoms with Crippen molar-refractivity contribution in [3.05, 3.63) is 42.6 Å². The summed E-state index contributed by atoms with van der Waals surface area (Å²) in [5, 5.41) is 11.6. The van der Waals surface area contributed by atoms with E-state index >= 15 is 0 Å². The lowest BCUT2D eigenvalue weighted by atomic mass is 10.3.